The number of methoxy groups -OCH3 is 1. The maximum atomic E-state index is 6.17. The number of nitrogens with two attached hydrogens (primary N) is 1. The number of benzene rings is 1. The molecule has 0 unspecified atom stereocenters. The average molecular weight is 384 g/mol. The fraction of sp³-hybridized carbons (Fsp3) is 0.250. The van der Waals surface area contributed by atoms with Crippen LogP contribution in [0.2, 0.25) is 5.02 Å². The van der Waals surface area contributed by atoms with Crippen molar-refractivity contribution in [3.63, 3.8) is 0 Å². The SMILES string of the molecule is COCCCNc1nccc(-c2nc(N)ncc2-c2cccc(Cl)c2)c1C. The summed E-state index contributed by atoms with van der Waals surface area (Å²) in [6, 6.07) is 9.54. The van der Waals surface area contributed by atoms with E-state index in [9.17, 15) is 0 Å². The lowest BCUT2D eigenvalue weighted by molar-refractivity contribution is 0.197. The van der Waals surface area contributed by atoms with Crippen molar-refractivity contribution in [3.8, 4) is 22.4 Å². The van der Waals surface area contributed by atoms with Crippen LogP contribution in [0.3, 0.4) is 0 Å². The Balaban J connectivity index is 2.02. The second-order valence-corrected chi connectivity index (χ2v) is 6.54. The number of hydrogen-bond donors (Lipinski definition) is 2. The first-order valence-corrected chi connectivity index (χ1v) is 9.05. The summed E-state index contributed by atoms with van der Waals surface area (Å²) >= 11 is 6.17. The molecule has 1 aromatic carbocycles. The van der Waals surface area contributed by atoms with Gasteiger partial charge in [0.2, 0.25) is 5.95 Å². The Morgan fingerprint density at radius 3 is 2.81 bits per heavy atom. The van der Waals surface area contributed by atoms with Gasteiger partial charge < -0.3 is 15.8 Å². The number of rotatable bonds is 7. The minimum absolute atomic E-state index is 0.224. The van der Waals surface area contributed by atoms with Crippen LogP contribution in [0.1, 0.15) is 12.0 Å². The summed E-state index contributed by atoms with van der Waals surface area (Å²) in [6.07, 6.45) is 4.39. The van der Waals surface area contributed by atoms with Crippen molar-refractivity contribution in [3.05, 3.63) is 53.3 Å². The first-order chi connectivity index (χ1) is 13.1. The highest BCUT2D eigenvalue weighted by atomic mass is 35.5. The van der Waals surface area contributed by atoms with E-state index in [1.807, 2.05) is 37.3 Å². The first-order valence-electron chi connectivity index (χ1n) is 8.67. The van der Waals surface area contributed by atoms with Crippen molar-refractivity contribution < 1.29 is 4.74 Å². The van der Waals surface area contributed by atoms with Gasteiger partial charge in [-0.2, -0.15) is 0 Å². The lowest BCUT2D eigenvalue weighted by Gasteiger charge is -2.15. The molecule has 0 atom stereocenters. The summed E-state index contributed by atoms with van der Waals surface area (Å²) in [5.41, 5.74) is 10.4. The summed E-state index contributed by atoms with van der Waals surface area (Å²) in [5, 5.41) is 4.01. The molecule has 0 aliphatic rings. The Hall–Kier alpha value is -2.70. The number of nitrogen functional groups attached to an aromatic ring is 1. The van der Waals surface area contributed by atoms with Crippen molar-refractivity contribution in [1.29, 1.82) is 0 Å². The third-order valence-electron chi connectivity index (χ3n) is 4.22. The number of nitrogens with one attached hydrogen (secondary N) is 1. The van der Waals surface area contributed by atoms with E-state index < -0.39 is 0 Å². The van der Waals surface area contributed by atoms with Crippen molar-refractivity contribution in [1.82, 2.24) is 15.0 Å². The van der Waals surface area contributed by atoms with Crippen LogP contribution in [-0.4, -0.2) is 35.2 Å². The summed E-state index contributed by atoms with van der Waals surface area (Å²) in [7, 11) is 1.70. The topological polar surface area (TPSA) is 86.0 Å². The van der Waals surface area contributed by atoms with E-state index in [-0.39, 0.29) is 5.95 Å². The molecule has 0 aliphatic carbocycles. The normalized spacial score (nSPS) is 10.8. The smallest absolute Gasteiger partial charge is 0.220 e. The molecule has 2 aromatic heterocycles. The largest absolute Gasteiger partial charge is 0.385 e. The monoisotopic (exact) mass is 383 g/mol. The minimum Gasteiger partial charge on any atom is -0.385 e. The van der Waals surface area contributed by atoms with Crippen LogP contribution < -0.4 is 11.1 Å². The van der Waals surface area contributed by atoms with Gasteiger partial charge in [-0.1, -0.05) is 23.7 Å². The van der Waals surface area contributed by atoms with Crippen LogP contribution in [-0.2, 0) is 4.74 Å². The molecule has 2 heterocycles. The van der Waals surface area contributed by atoms with Gasteiger partial charge in [-0.3, -0.25) is 0 Å². The molecule has 0 amide bonds. The predicted molar refractivity (Wildman–Crippen MR) is 110 cm³/mol. The highest BCUT2D eigenvalue weighted by Gasteiger charge is 2.15. The number of nitrogens with zero attached hydrogens (tertiary/aromatic N) is 3. The molecule has 3 N–H and O–H groups in total. The van der Waals surface area contributed by atoms with Crippen LogP contribution in [0.4, 0.5) is 11.8 Å². The quantitative estimate of drug-likeness (QED) is 0.595. The molecule has 0 spiro atoms. The molecule has 7 heteroatoms. The number of hydrogen-bond acceptors (Lipinski definition) is 6. The highest BCUT2D eigenvalue weighted by molar-refractivity contribution is 6.30. The Labute approximate surface area is 163 Å². The van der Waals surface area contributed by atoms with Crippen LogP contribution in [0.5, 0.6) is 0 Å². The highest BCUT2D eigenvalue weighted by Crippen LogP contribution is 2.34. The molecule has 3 rings (SSSR count). The molecule has 27 heavy (non-hydrogen) atoms. The average Bonchev–Trinajstić information content (AvgIpc) is 2.66. The summed E-state index contributed by atoms with van der Waals surface area (Å²) in [5.74, 6) is 1.04. The zero-order valence-electron chi connectivity index (χ0n) is 15.4. The zero-order chi connectivity index (χ0) is 19.2. The fourth-order valence-electron chi connectivity index (χ4n) is 2.86. The lowest BCUT2D eigenvalue weighted by Crippen LogP contribution is -2.08. The van der Waals surface area contributed by atoms with Crippen LogP contribution in [0.25, 0.3) is 22.4 Å². The van der Waals surface area contributed by atoms with Crippen molar-refractivity contribution in [2.75, 3.05) is 31.3 Å². The summed E-state index contributed by atoms with van der Waals surface area (Å²) < 4.78 is 5.09. The molecule has 3 aromatic rings. The molecule has 0 aliphatic heterocycles. The third kappa shape index (κ3) is 4.53. The van der Waals surface area contributed by atoms with Gasteiger partial charge in [0.05, 0.1) is 5.69 Å². The number of aromatic nitrogens is 3. The molecular formula is C20H22ClN5O. The lowest BCUT2D eigenvalue weighted by atomic mass is 9.98. The molecule has 0 saturated heterocycles. The van der Waals surface area contributed by atoms with Crippen LogP contribution >= 0.6 is 11.6 Å². The van der Waals surface area contributed by atoms with E-state index in [0.717, 1.165) is 46.7 Å². The van der Waals surface area contributed by atoms with E-state index in [4.69, 9.17) is 22.1 Å². The van der Waals surface area contributed by atoms with E-state index >= 15 is 0 Å². The number of ether oxygens (including phenoxy) is 1. The molecular weight excluding hydrogens is 362 g/mol. The van der Waals surface area contributed by atoms with Crippen molar-refractivity contribution in [2.45, 2.75) is 13.3 Å². The predicted octanol–water partition coefficient (Wildman–Crippen LogP) is 4.20. The summed E-state index contributed by atoms with van der Waals surface area (Å²) in [4.78, 5) is 13.1. The Kier molecular flexibility index (Phi) is 6.21. The molecule has 0 fully saturated rings. The van der Waals surface area contributed by atoms with Crippen LogP contribution in [0.15, 0.2) is 42.7 Å². The van der Waals surface area contributed by atoms with Gasteiger partial charge in [0, 0.05) is 54.4 Å². The van der Waals surface area contributed by atoms with Gasteiger partial charge in [-0.25, -0.2) is 15.0 Å². The number of halogens is 1. The standard InChI is InChI=1S/C20H22ClN5O/c1-13-16(7-9-24-19(13)23-8-4-10-27-2)18-17(12-25-20(22)26-18)14-5-3-6-15(21)11-14/h3,5-7,9,11-12H,4,8,10H2,1-2H3,(H,23,24)(H2,22,25,26). The van der Waals surface area contributed by atoms with Gasteiger partial charge >= 0.3 is 0 Å². The van der Waals surface area contributed by atoms with Gasteiger partial charge in [-0.05, 0) is 37.1 Å². The molecule has 0 bridgehead atoms. The van der Waals surface area contributed by atoms with Crippen molar-refractivity contribution >= 4 is 23.4 Å². The van der Waals surface area contributed by atoms with Crippen LogP contribution in [0, 0.1) is 6.92 Å². The Morgan fingerprint density at radius 1 is 1.19 bits per heavy atom. The van der Waals surface area contributed by atoms with E-state index in [1.54, 1.807) is 19.5 Å². The maximum absolute atomic E-state index is 6.17. The molecule has 140 valence electrons. The zero-order valence-corrected chi connectivity index (χ0v) is 16.1. The Bertz CT molecular complexity index is 932. The van der Waals surface area contributed by atoms with Gasteiger partial charge in [-0.15, -0.1) is 0 Å². The van der Waals surface area contributed by atoms with Crippen molar-refractivity contribution in [2.24, 2.45) is 0 Å². The third-order valence-corrected chi connectivity index (χ3v) is 4.45. The maximum Gasteiger partial charge on any atom is 0.220 e. The van der Waals surface area contributed by atoms with E-state index in [1.165, 1.54) is 0 Å². The fourth-order valence-corrected chi connectivity index (χ4v) is 3.05. The van der Waals surface area contributed by atoms with E-state index in [2.05, 4.69) is 20.3 Å². The van der Waals surface area contributed by atoms with Gasteiger partial charge in [0.1, 0.15) is 5.82 Å². The second-order valence-electron chi connectivity index (χ2n) is 6.11. The second kappa shape index (κ2) is 8.79. The molecule has 0 radical (unpaired) electrons. The first kappa shape index (κ1) is 19.1. The minimum atomic E-state index is 0.224. The van der Waals surface area contributed by atoms with Gasteiger partial charge in [0.15, 0.2) is 0 Å². The number of pyridine rings is 1. The molecule has 0 saturated carbocycles. The molecule has 6 nitrogen and oxygen atoms in total. The Morgan fingerprint density at radius 2 is 2.04 bits per heavy atom. The van der Waals surface area contributed by atoms with E-state index in [0.29, 0.717) is 11.6 Å². The van der Waals surface area contributed by atoms with Gasteiger partial charge in [0.25, 0.3) is 0 Å². The number of anilines is 2. The summed E-state index contributed by atoms with van der Waals surface area (Å²) in [6.45, 7) is 3.49.